The van der Waals surface area contributed by atoms with Gasteiger partial charge in [-0.2, -0.15) is 13.2 Å². The normalized spacial score (nSPS) is 19.7. The van der Waals surface area contributed by atoms with E-state index in [9.17, 15) is 22.8 Å². The lowest BCUT2D eigenvalue weighted by atomic mass is 10.2. The summed E-state index contributed by atoms with van der Waals surface area (Å²) in [6.07, 6.45) is -6.67. The van der Waals surface area contributed by atoms with Crippen LogP contribution in [0, 0.1) is 0 Å². The van der Waals surface area contributed by atoms with E-state index in [-0.39, 0.29) is 19.7 Å². The molecule has 0 aromatic heterocycles. The number of amides is 2. The number of carbonyl (C=O) groups excluding carboxylic acids is 2. The molecule has 24 heavy (non-hydrogen) atoms. The van der Waals surface area contributed by atoms with Gasteiger partial charge in [-0.3, -0.25) is 9.59 Å². The fourth-order valence-corrected chi connectivity index (χ4v) is 2.32. The average molecular weight is 346 g/mol. The molecule has 1 aromatic carbocycles. The Bertz CT molecular complexity index is 621. The summed E-state index contributed by atoms with van der Waals surface area (Å²) in [4.78, 5) is 24.8. The van der Waals surface area contributed by atoms with E-state index in [1.54, 1.807) is 0 Å². The van der Waals surface area contributed by atoms with Crippen molar-refractivity contribution in [2.24, 2.45) is 5.73 Å². The average Bonchev–Trinajstić information content (AvgIpc) is 2.53. The summed E-state index contributed by atoms with van der Waals surface area (Å²) in [6.45, 7) is 1.62. The molecular weight excluding hydrogens is 329 g/mol. The third-order valence-electron chi connectivity index (χ3n) is 3.54. The number of morpholine rings is 1. The van der Waals surface area contributed by atoms with Gasteiger partial charge in [-0.15, -0.1) is 0 Å². The van der Waals surface area contributed by atoms with Gasteiger partial charge in [-0.05, 0) is 19.1 Å². The quantitative estimate of drug-likeness (QED) is 0.888. The van der Waals surface area contributed by atoms with E-state index in [0.717, 1.165) is 12.1 Å². The third kappa shape index (κ3) is 4.16. The summed E-state index contributed by atoms with van der Waals surface area (Å²) < 4.78 is 49.2. The van der Waals surface area contributed by atoms with Crippen LogP contribution in [0.4, 0.5) is 13.2 Å². The van der Waals surface area contributed by atoms with E-state index in [4.69, 9.17) is 15.2 Å². The lowest BCUT2D eigenvalue weighted by molar-refractivity contribution is -0.151. The van der Waals surface area contributed by atoms with Gasteiger partial charge in [0.2, 0.25) is 5.91 Å². The fourth-order valence-electron chi connectivity index (χ4n) is 2.32. The number of nitrogens with zero attached hydrogens (tertiary/aromatic N) is 1. The number of alkyl halides is 3. The number of ether oxygens (including phenoxy) is 2. The minimum Gasteiger partial charge on any atom is -0.480 e. The summed E-state index contributed by atoms with van der Waals surface area (Å²) in [6, 6.07) is 4.66. The molecule has 0 radical (unpaired) electrons. The Morgan fingerprint density at radius 3 is 2.67 bits per heavy atom. The minimum atomic E-state index is -4.59. The van der Waals surface area contributed by atoms with E-state index in [1.807, 2.05) is 0 Å². The maximum atomic E-state index is 13.0. The van der Waals surface area contributed by atoms with Crippen molar-refractivity contribution in [3.8, 4) is 5.75 Å². The summed E-state index contributed by atoms with van der Waals surface area (Å²) in [5.41, 5.74) is 4.18. The Kier molecular flexibility index (Phi) is 5.33. The Morgan fingerprint density at radius 2 is 2.04 bits per heavy atom. The number of halogens is 3. The molecule has 1 saturated heterocycles. The van der Waals surface area contributed by atoms with Gasteiger partial charge in [0, 0.05) is 6.54 Å². The molecule has 0 bridgehead atoms. The van der Waals surface area contributed by atoms with Crippen LogP contribution in [0.2, 0.25) is 0 Å². The lowest BCUT2D eigenvalue weighted by Gasteiger charge is -2.33. The van der Waals surface area contributed by atoms with Crippen LogP contribution in [-0.2, 0) is 20.5 Å². The molecule has 2 N–H and O–H groups in total. The second-order valence-corrected chi connectivity index (χ2v) is 5.30. The molecule has 2 amide bonds. The van der Waals surface area contributed by atoms with Crippen molar-refractivity contribution in [2.45, 2.75) is 25.3 Å². The largest absolute Gasteiger partial charge is 0.480 e. The van der Waals surface area contributed by atoms with Crippen LogP contribution in [0.25, 0.3) is 0 Å². The van der Waals surface area contributed by atoms with Gasteiger partial charge in [0.05, 0.1) is 18.7 Å². The van der Waals surface area contributed by atoms with Crippen LogP contribution in [-0.4, -0.2) is 48.6 Å². The van der Waals surface area contributed by atoms with Gasteiger partial charge < -0.3 is 20.1 Å². The van der Waals surface area contributed by atoms with Gasteiger partial charge in [0.25, 0.3) is 5.91 Å². The second kappa shape index (κ2) is 7.08. The van der Waals surface area contributed by atoms with Gasteiger partial charge in [-0.25, -0.2) is 0 Å². The first-order chi connectivity index (χ1) is 11.2. The number of hydrogen-bond acceptors (Lipinski definition) is 4. The summed E-state index contributed by atoms with van der Waals surface area (Å²) in [5, 5.41) is 0. The van der Waals surface area contributed by atoms with E-state index in [2.05, 4.69) is 0 Å². The highest BCUT2D eigenvalue weighted by molar-refractivity contribution is 5.83. The molecule has 132 valence electrons. The van der Waals surface area contributed by atoms with Crippen LogP contribution in [0.15, 0.2) is 24.3 Å². The third-order valence-corrected chi connectivity index (χ3v) is 3.54. The molecule has 1 heterocycles. The molecule has 2 atom stereocenters. The number of primary amides is 1. The van der Waals surface area contributed by atoms with Gasteiger partial charge in [0.1, 0.15) is 5.75 Å². The number of nitrogens with two attached hydrogens (primary N) is 1. The number of benzene rings is 1. The monoisotopic (exact) mass is 346 g/mol. The number of hydrogen-bond donors (Lipinski definition) is 1. The highest BCUT2D eigenvalue weighted by Gasteiger charge is 2.36. The zero-order chi connectivity index (χ0) is 17.9. The maximum absolute atomic E-state index is 13.0. The molecule has 1 aliphatic heterocycles. The zero-order valence-electron chi connectivity index (χ0n) is 12.9. The van der Waals surface area contributed by atoms with Gasteiger partial charge >= 0.3 is 6.18 Å². The molecule has 0 saturated carbocycles. The van der Waals surface area contributed by atoms with E-state index < -0.39 is 41.5 Å². The van der Waals surface area contributed by atoms with Crippen molar-refractivity contribution < 1.29 is 32.2 Å². The van der Waals surface area contributed by atoms with Crippen molar-refractivity contribution in [2.75, 3.05) is 19.7 Å². The molecule has 9 heteroatoms. The minimum absolute atomic E-state index is 0.0528. The topological polar surface area (TPSA) is 81.9 Å². The van der Waals surface area contributed by atoms with Crippen molar-refractivity contribution in [1.29, 1.82) is 0 Å². The molecule has 0 unspecified atom stereocenters. The van der Waals surface area contributed by atoms with Crippen molar-refractivity contribution in [3.63, 3.8) is 0 Å². The van der Waals surface area contributed by atoms with Crippen LogP contribution in [0.3, 0.4) is 0 Å². The van der Waals surface area contributed by atoms with Gasteiger partial charge in [0.15, 0.2) is 12.2 Å². The summed E-state index contributed by atoms with van der Waals surface area (Å²) >= 11 is 0. The summed E-state index contributed by atoms with van der Waals surface area (Å²) in [7, 11) is 0. The van der Waals surface area contributed by atoms with Gasteiger partial charge in [-0.1, -0.05) is 12.1 Å². The molecule has 1 aliphatic rings. The first-order valence-corrected chi connectivity index (χ1v) is 7.22. The van der Waals surface area contributed by atoms with Crippen molar-refractivity contribution >= 4 is 11.8 Å². The standard InChI is InChI=1S/C15H17F3N2O4/c1-9(14(22)20-6-7-23-12(8-20)13(19)21)24-11-5-3-2-4-10(11)15(16,17)18/h2-5,9,12H,6-8H2,1H3,(H2,19,21)/t9-,12-/m1/s1. The Balaban J connectivity index is 2.09. The predicted molar refractivity (Wildman–Crippen MR) is 77.0 cm³/mol. The molecule has 1 aromatic rings. The maximum Gasteiger partial charge on any atom is 0.419 e. The first-order valence-electron chi connectivity index (χ1n) is 7.22. The Hall–Kier alpha value is -2.29. The molecule has 0 spiro atoms. The summed E-state index contributed by atoms with van der Waals surface area (Å²) in [5.74, 6) is -1.67. The molecule has 6 nitrogen and oxygen atoms in total. The fraction of sp³-hybridized carbons (Fsp3) is 0.467. The van der Waals surface area contributed by atoms with Crippen molar-refractivity contribution in [1.82, 2.24) is 4.90 Å². The van der Waals surface area contributed by atoms with E-state index in [1.165, 1.54) is 24.0 Å². The smallest absolute Gasteiger partial charge is 0.419 e. The number of para-hydroxylation sites is 1. The van der Waals surface area contributed by atoms with Crippen LogP contribution < -0.4 is 10.5 Å². The van der Waals surface area contributed by atoms with Crippen LogP contribution in [0.1, 0.15) is 12.5 Å². The Labute approximate surface area is 136 Å². The number of rotatable bonds is 4. The van der Waals surface area contributed by atoms with Crippen LogP contribution >= 0.6 is 0 Å². The lowest BCUT2D eigenvalue weighted by Crippen LogP contribution is -2.53. The SMILES string of the molecule is C[C@@H](Oc1ccccc1C(F)(F)F)C(=O)N1CCO[C@@H](C(N)=O)C1. The van der Waals surface area contributed by atoms with Crippen molar-refractivity contribution in [3.05, 3.63) is 29.8 Å². The zero-order valence-corrected chi connectivity index (χ0v) is 12.9. The van der Waals surface area contributed by atoms with Crippen LogP contribution in [0.5, 0.6) is 5.75 Å². The van der Waals surface area contributed by atoms with E-state index in [0.29, 0.717) is 0 Å². The highest BCUT2D eigenvalue weighted by atomic mass is 19.4. The number of carbonyl (C=O) groups is 2. The molecule has 1 fully saturated rings. The predicted octanol–water partition coefficient (Wildman–Crippen LogP) is 1.19. The Morgan fingerprint density at radius 1 is 1.38 bits per heavy atom. The molecule has 2 rings (SSSR count). The first kappa shape index (κ1) is 18.1. The highest BCUT2D eigenvalue weighted by Crippen LogP contribution is 2.36. The second-order valence-electron chi connectivity index (χ2n) is 5.30. The van der Waals surface area contributed by atoms with E-state index >= 15 is 0 Å². The molecule has 0 aliphatic carbocycles. The molecular formula is C15H17F3N2O4.